The van der Waals surface area contributed by atoms with E-state index >= 15 is 0 Å². The Kier molecular flexibility index (Phi) is 7.73. The first kappa shape index (κ1) is 32.4. The molecule has 11 rings (SSSR count). The highest BCUT2D eigenvalue weighted by molar-refractivity contribution is 5.86. The molecule has 2 aliphatic carbocycles. The van der Waals surface area contributed by atoms with Gasteiger partial charge >= 0.3 is 0 Å². The molecule has 3 atom stereocenters. The van der Waals surface area contributed by atoms with Gasteiger partial charge in [-0.3, -0.25) is 4.57 Å². The van der Waals surface area contributed by atoms with Gasteiger partial charge in [-0.25, -0.2) is 9.97 Å². The Hall–Kier alpha value is -7.04. The summed E-state index contributed by atoms with van der Waals surface area (Å²) in [4.78, 5) is 12.6. The molecule has 4 nitrogen and oxygen atoms in total. The van der Waals surface area contributed by atoms with Gasteiger partial charge in [0.2, 0.25) is 5.95 Å². The lowest BCUT2D eigenvalue weighted by Gasteiger charge is -2.30. The fourth-order valence-corrected chi connectivity index (χ4v) is 9.16. The van der Waals surface area contributed by atoms with Gasteiger partial charge in [0.15, 0.2) is 0 Å². The Morgan fingerprint density at radius 1 is 0.554 bits per heavy atom. The lowest BCUT2D eigenvalue weighted by atomic mass is 9.82. The van der Waals surface area contributed by atoms with Gasteiger partial charge in [-0.2, -0.15) is 0 Å². The third-order valence-electron chi connectivity index (χ3n) is 11.8. The van der Waals surface area contributed by atoms with E-state index < -0.39 is 0 Å². The number of rotatable bonds is 6. The van der Waals surface area contributed by atoms with Gasteiger partial charge in [-0.15, -0.1) is 0 Å². The van der Waals surface area contributed by atoms with Gasteiger partial charge in [-0.1, -0.05) is 164 Å². The van der Waals surface area contributed by atoms with E-state index in [9.17, 15) is 0 Å². The van der Waals surface area contributed by atoms with Crippen LogP contribution < -0.4 is 15.5 Å². The van der Waals surface area contributed by atoms with Crippen molar-refractivity contribution in [3.8, 4) is 39.3 Å². The second-order valence-corrected chi connectivity index (χ2v) is 14.9. The zero-order valence-corrected chi connectivity index (χ0v) is 30.8. The highest BCUT2D eigenvalue weighted by atomic mass is 15.2. The number of para-hydroxylation sites is 3. The molecule has 266 valence electrons. The van der Waals surface area contributed by atoms with Gasteiger partial charge in [0.05, 0.1) is 16.9 Å². The van der Waals surface area contributed by atoms with E-state index in [1.807, 2.05) is 12.4 Å². The monoisotopic (exact) mass is 718 g/mol. The first-order chi connectivity index (χ1) is 27.8. The van der Waals surface area contributed by atoms with Crippen LogP contribution in [0, 0.1) is 5.92 Å². The summed E-state index contributed by atoms with van der Waals surface area (Å²) in [5.41, 5.74) is 13.3. The van der Waals surface area contributed by atoms with Crippen LogP contribution in [-0.4, -0.2) is 20.6 Å². The van der Waals surface area contributed by atoms with Gasteiger partial charge in [-0.05, 0) is 69.6 Å². The maximum absolute atomic E-state index is 5.03. The minimum atomic E-state index is 0.260. The van der Waals surface area contributed by atoms with Crippen molar-refractivity contribution < 1.29 is 0 Å². The molecule has 4 heteroatoms. The van der Waals surface area contributed by atoms with Gasteiger partial charge in [0.1, 0.15) is 0 Å². The van der Waals surface area contributed by atoms with Crippen LogP contribution >= 0.6 is 0 Å². The van der Waals surface area contributed by atoms with E-state index in [2.05, 4.69) is 198 Å². The number of nitrogens with zero attached hydrogens (tertiary/aromatic N) is 4. The standard InChI is InChI=1S/C52H38N4/c1-3-13-35(14-4-1)36-23-25-37(26-24-36)42-17-7-8-18-43(42)40-33-53-52(54-34-40)56-49-22-12-10-20-45(49)47-32-39(28-30-51(47)56)38-27-29-50-46(31-38)44-19-9-11-21-48(44)55(50)41-15-5-2-6-16-41/h1-27,29-34,39,46,50H,28H2. The number of aromatic nitrogens is 3. The van der Waals surface area contributed by atoms with E-state index in [4.69, 9.17) is 9.97 Å². The molecule has 6 aromatic carbocycles. The highest BCUT2D eigenvalue weighted by Gasteiger charge is 2.38. The molecule has 3 unspecified atom stereocenters. The van der Waals surface area contributed by atoms with Gasteiger partial charge in [0.25, 0.3) is 0 Å². The summed E-state index contributed by atoms with van der Waals surface area (Å²) < 4.78 is 2.24. The molecule has 56 heavy (non-hydrogen) atoms. The third kappa shape index (κ3) is 5.37. The van der Waals surface area contributed by atoms with E-state index in [0.717, 1.165) is 34.0 Å². The van der Waals surface area contributed by atoms with E-state index in [1.54, 1.807) is 0 Å². The molecule has 3 heterocycles. The Morgan fingerprint density at radius 3 is 2.00 bits per heavy atom. The fourth-order valence-electron chi connectivity index (χ4n) is 9.16. The number of anilines is 2. The van der Waals surface area contributed by atoms with Crippen molar-refractivity contribution in [2.75, 3.05) is 4.90 Å². The Balaban J connectivity index is 0.927. The summed E-state index contributed by atoms with van der Waals surface area (Å²) in [5.74, 6) is 1.26. The SMILES string of the molecule is C1=CC2C(C=C1C1C=c3c(n(-c4ncc(-c5ccccc5-c5ccc(-c6ccccc6)cc5)cn4)c4ccccc34)=CC1)c1ccccc1N2c1ccccc1. The van der Waals surface area contributed by atoms with Crippen LogP contribution in [0.3, 0.4) is 0 Å². The molecule has 0 saturated heterocycles. The van der Waals surface area contributed by atoms with Crippen molar-refractivity contribution in [2.24, 2.45) is 5.92 Å². The van der Waals surface area contributed by atoms with Crippen molar-refractivity contribution in [3.05, 3.63) is 210 Å². The summed E-state index contributed by atoms with van der Waals surface area (Å²) in [5, 5.41) is 3.64. The minimum absolute atomic E-state index is 0.260. The van der Waals surface area contributed by atoms with Crippen LogP contribution in [0.2, 0.25) is 0 Å². The van der Waals surface area contributed by atoms with Crippen LogP contribution in [0.15, 0.2) is 194 Å². The third-order valence-corrected chi connectivity index (χ3v) is 11.8. The number of allylic oxidation sites excluding steroid dienone is 2. The zero-order valence-electron chi connectivity index (χ0n) is 30.8. The predicted molar refractivity (Wildman–Crippen MR) is 230 cm³/mol. The average Bonchev–Trinajstić information content (AvgIpc) is 3.79. The van der Waals surface area contributed by atoms with Crippen molar-refractivity contribution in [2.45, 2.75) is 18.4 Å². The molecule has 0 radical (unpaired) electrons. The molecule has 8 aromatic rings. The fraction of sp³-hybridized carbons (Fsp3) is 0.0769. The number of fused-ring (bicyclic) bond motifs is 6. The Labute approximate surface area is 326 Å². The summed E-state index contributed by atoms with van der Waals surface area (Å²) in [7, 11) is 0. The highest BCUT2D eigenvalue weighted by Crippen LogP contribution is 2.49. The maximum atomic E-state index is 5.03. The first-order valence-electron chi connectivity index (χ1n) is 19.5. The molecule has 0 fully saturated rings. The molecule has 0 spiro atoms. The lowest BCUT2D eigenvalue weighted by Crippen LogP contribution is -2.34. The Morgan fingerprint density at radius 2 is 1.20 bits per heavy atom. The summed E-state index contributed by atoms with van der Waals surface area (Å²) >= 11 is 0. The smallest absolute Gasteiger partial charge is 0.234 e. The minimum Gasteiger partial charge on any atom is -0.333 e. The maximum Gasteiger partial charge on any atom is 0.234 e. The average molecular weight is 719 g/mol. The molecule has 0 bridgehead atoms. The topological polar surface area (TPSA) is 34.0 Å². The van der Waals surface area contributed by atoms with Crippen LogP contribution in [-0.2, 0) is 0 Å². The molecular formula is C52H38N4. The van der Waals surface area contributed by atoms with Crippen LogP contribution in [0.4, 0.5) is 11.4 Å². The van der Waals surface area contributed by atoms with E-state index in [-0.39, 0.29) is 12.0 Å². The summed E-state index contributed by atoms with van der Waals surface area (Å²) in [6.45, 7) is 0. The van der Waals surface area contributed by atoms with Gasteiger partial charge < -0.3 is 4.90 Å². The van der Waals surface area contributed by atoms with E-state index in [0.29, 0.717) is 11.9 Å². The van der Waals surface area contributed by atoms with Crippen molar-refractivity contribution in [3.63, 3.8) is 0 Å². The first-order valence-corrected chi connectivity index (χ1v) is 19.5. The molecule has 3 aliphatic rings. The van der Waals surface area contributed by atoms with Crippen molar-refractivity contribution in [1.29, 1.82) is 0 Å². The van der Waals surface area contributed by atoms with Crippen LogP contribution in [0.25, 0.3) is 62.4 Å². The molecule has 2 aromatic heterocycles. The summed E-state index contributed by atoms with van der Waals surface area (Å²) in [6.07, 6.45) is 17.1. The number of hydrogen-bond donors (Lipinski definition) is 0. The van der Waals surface area contributed by atoms with Crippen LogP contribution in [0.1, 0.15) is 17.9 Å². The molecule has 0 saturated carbocycles. The zero-order chi connectivity index (χ0) is 37.0. The normalized spacial score (nSPS) is 18.0. The Bertz CT molecular complexity index is 2940. The van der Waals surface area contributed by atoms with E-state index in [1.165, 1.54) is 49.8 Å². The second kappa shape index (κ2) is 13.4. The largest absolute Gasteiger partial charge is 0.333 e. The molecule has 0 N–H and O–H groups in total. The molecular weight excluding hydrogens is 681 g/mol. The second-order valence-electron chi connectivity index (χ2n) is 14.9. The van der Waals surface area contributed by atoms with Crippen molar-refractivity contribution in [1.82, 2.24) is 14.5 Å². The van der Waals surface area contributed by atoms with Crippen molar-refractivity contribution >= 4 is 34.4 Å². The van der Waals surface area contributed by atoms with Crippen LogP contribution in [0.5, 0.6) is 0 Å². The quantitative estimate of drug-likeness (QED) is 0.172. The van der Waals surface area contributed by atoms with Gasteiger partial charge in [0, 0.05) is 51.8 Å². The number of hydrogen-bond acceptors (Lipinski definition) is 3. The molecule has 1 aliphatic heterocycles. The summed E-state index contributed by atoms with van der Waals surface area (Å²) in [6, 6.07) is 56.5. The predicted octanol–water partition coefficient (Wildman–Crippen LogP) is 10.8. The lowest BCUT2D eigenvalue weighted by molar-refractivity contribution is 0.716. The number of benzene rings is 6. The molecule has 0 amide bonds.